The fraction of sp³-hybridized carbons (Fsp3) is 0.373. The fourth-order valence-corrected chi connectivity index (χ4v) is 11.3. The highest BCUT2D eigenvalue weighted by atomic mass is 31.2. The molecule has 1 saturated carbocycles. The molecule has 0 radical (unpaired) electrons. The van der Waals surface area contributed by atoms with E-state index in [1.54, 1.807) is 26.9 Å². The third-order valence-corrected chi connectivity index (χ3v) is 14.5. The summed E-state index contributed by atoms with van der Waals surface area (Å²) in [4.78, 5) is 14.3. The lowest BCUT2D eigenvalue weighted by Crippen LogP contribution is -2.53. The first kappa shape index (κ1) is 45.8. The van der Waals surface area contributed by atoms with E-state index < -0.39 is 38.2 Å². The van der Waals surface area contributed by atoms with Crippen LogP contribution in [0.1, 0.15) is 75.4 Å². The molecule has 2 aliphatic rings. The maximum Gasteiger partial charge on any atom is 0.259 e. The summed E-state index contributed by atoms with van der Waals surface area (Å²) in [5, 5.41) is 13.1. The van der Waals surface area contributed by atoms with Crippen molar-refractivity contribution in [3.05, 3.63) is 157 Å². The smallest absolute Gasteiger partial charge is 0.259 e. The first-order valence-corrected chi connectivity index (χ1v) is 23.3. The van der Waals surface area contributed by atoms with Crippen molar-refractivity contribution in [2.24, 2.45) is 5.92 Å². The van der Waals surface area contributed by atoms with E-state index >= 15 is 0 Å². The number of hydrogen-bond acceptors (Lipinski definition) is 12. The van der Waals surface area contributed by atoms with Gasteiger partial charge in [-0.1, -0.05) is 91.0 Å². The van der Waals surface area contributed by atoms with Gasteiger partial charge in [-0.2, -0.15) is 5.26 Å². The van der Waals surface area contributed by atoms with Gasteiger partial charge in [0.05, 0.1) is 39.6 Å². The number of methoxy groups -OCH3 is 2. The Kier molecular flexibility index (Phi) is 14.3. The van der Waals surface area contributed by atoms with E-state index in [0.29, 0.717) is 29.9 Å². The number of anilines is 1. The van der Waals surface area contributed by atoms with Crippen molar-refractivity contribution in [3.8, 4) is 17.6 Å². The molecule has 1 saturated heterocycles. The average Bonchev–Trinajstić information content (AvgIpc) is 4.02. The van der Waals surface area contributed by atoms with Gasteiger partial charge in [0.25, 0.3) is 8.53 Å². The highest BCUT2D eigenvalue weighted by Crippen LogP contribution is 2.62. The number of fused-ring (bicyclic) bond motifs is 3. The first-order valence-electron chi connectivity index (χ1n) is 22.2. The number of nitrogens with zero attached hydrogens (tertiary/aromatic N) is 6. The van der Waals surface area contributed by atoms with Gasteiger partial charge in [0.2, 0.25) is 0 Å². The van der Waals surface area contributed by atoms with Crippen molar-refractivity contribution in [2.45, 2.75) is 95.2 Å². The number of nitrogens with one attached hydrogen (secondary N) is 1. The summed E-state index contributed by atoms with van der Waals surface area (Å²) in [6, 6.07) is 38.8. The van der Waals surface area contributed by atoms with Crippen LogP contribution in [-0.2, 0) is 30.7 Å². The van der Waals surface area contributed by atoms with Crippen LogP contribution < -0.4 is 14.8 Å². The molecule has 3 heterocycles. The lowest BCUT2D eigenvalue weighted by Gasteiger charge is -2.45. The van der Waals surface area contributed by atoms with Gasteiger partial charge in [0, 0.05) is 24.5 Å². The summed E-state index contributed by atoms with van der Waals surface area (Å²) in [6.45, 7) is 13.8. The topological polar surface area (TPSA) is 138 Å². The number of ether oxygens (including phenoxy) is 4. The molecular weight excluding hydrogens is 838 g/mol. The van der Waals surface area contributed by atoms with Gasteiger partial charge in [-0.15, -0.1) is 6.58 Å². The summed E-state index contributed by atoms with van der Waals surface area (Å²) in [6.07, 6.45) is 4.89. The maximum atomic E-state index is 9.58. The summed E-state index contributed by atoms with van der Waals surface area (Å²) >= 11 is 0. The maximum absolute atomic E-state index is 9.58. The zero-order valence-corrected chi connectivity index (χ0v) is 38.8. The largest absolute Gasteiger partial charge is 0.497 e. The van der Waals surface area contributed by atoms with Crippen molar-refractivity contribution >= 4 is 25.5 Å². The first-order chi connectivity index (χ1) is 31.7. The van der Waals surface area contributed by atoms with Crippen molar-refractivity contribution in [1.82, 2.24) is 24.2 Å². The van der Waals surface area contributed by atoms with Crippen molar-refractivity contribution in [2.75, 3.05) is 26.1 Å². The Morgan fingerprint density at radius 1 is 0.892 bits per heavy atom. The number of hydrogen-bond donors (Lipinski definition) is 1. The molecule has 3 unspecified atom stereocenters. The Morgan fingerprint density at radius 2 is 1.51 bits per heavy atom. The third-order valence-electron chi connectivity index (χ3n) is 12.4. The molecule has 4 aromatic carbocycles. The second kappa shape index (κ2) is 20.2. The van der Waals surface area contributed by atoms with Gasteiger partial charge in [0.1, 0.15) is 47.5 Å². The van der Waals surface area contributed by atoms with Crippen LogP contribution in [0.15, 0.2) is 135 Å². The molecular formula is C51H58N7O6P. The number of aromatic nitrogens is 4. The highest BCUT2D eigenvalue weighted by molar-refractivity contribution is 7.44. The molecule has 0 spiro atoms. The molecule has 2 bridgehead atoms. The average molecular weight is 896 g/mol. The van der Waals surface area contributed by atoms with Gasteiger partial charge in [-0.25, -0.2) is 19.6 Å². The number of imidazole rings is 1. The monoisotopic (exact) mass is 895 g/mol. The SMILES string of the molecule is C=C[C@@H](OC(c1ccccc1)(c1ccc(OC)cc1)c1ccc(OC)cc1)C12CC[C@@H](C(n3cnc4c(NCc5ccccc5)ncnc43)O1)[C@H]2OP(OCCC#N)N(C(C)C)C(C)C. The zero-order valence-electron chi connectivity index (χ0n) is 37.9. The van der Waals surface area contributed by atoms with Gasteiger partial charge < -0.3 is 33.3 Å². The molecule has 8 rings (SSSR count). The quantitative estimate of drug-likeness (QED) is 0.0319. The van der Waals surface area contributed by atoms with Crippen LogP contribution in [0.4, 0.5) is 5.82 Å². The second-order valence-corrected chi connectivity index (χ2v) is 18.3. The van der Waals surface area contributed by atoms with Gasteiger partial charge in [-0.3, -0.25) is 4.57 Å². The summed E-state index contributed by atoms with van der Waals surface area (Å²) in [5.41, 5.74) is 2.75. The number of nitriles is 1. The van der Waals surface area contributed by atoms with E-state index in [1.807, 2.05) is 95.6 Å². The third kappa shape index (κ3) is 9.00. The molecule has 338 valence electrons. The number of benzene rings is 4. The Bertz CT molecular complexity index is 2480. The van der Waals surface area contributed by atoms with E-state index in [2.05, 4.69) is 79.6 Å². The Labute approximate surface area is 383 Å². The second-order valence-electron chi connectivity index (χ2n) is 16.9. The van der Waals surface area contributed by atoms with E-state index in [1.165, 1.54) is 0 Å². The molecule has 1 aliphatic carbocycles. The summed E-state index contributed by atoms with van der Waals surface area (Å²) < 4.78 is 45.0. The van der Waals surface area contributed by atoms with Crippen LogP contribution in [0.2, 0.25) is 0 Å². The molecule has 13 nitrogen and oxygen atoms in total. The molecule has 2 aromatic heterocycles. The number of rotatable bonds is 21. The van der Waals surface area contributed by atoms with Crippen LogP contribution >= 0.6 is 8.53 Å². The molecule has 6 aromatic rings. The van der Waals surface area contributed by atoms with Gasteiger partial charge in [-0.05, 0) is 87.1 Å². The molecule has 2 fully saturated rings. The minimum absolute atomic E-state index is 0.0772. The van der Waals surface area contributed by atoms with E-state index in [0.717, 1.165) is 40.2 Å². The van der Waals surface area contributed by atoms with Crippen molar-refractivity contribution < 1.29 is 28.0 Å². The molecule has 1 N–H and O–H groups in total. The standard InChI is InChI=1S/C51H58N7O6P/c1-8-44(62-51(38-18-13-10-14-19-38,39-20-24-41(59-6)25-21-39)40-22-26-42(60-7)27-23-40)50-29-28-43(46(50)64-65(61-31-15-30-52)58(35(2)3)36(4)5)49(63-50)57-34-56-45-47(54-33-55-48(45)57)53-32-37-16-11-9-12-17-37/h8-14,16-27,33-36,43-44,46,49H,1,15,28-29,31-32H2,2-7H3,(H,53,54,55)/t43-,44-,46-,49?,50?,65?/m1/s1. The molecule has 65 heavy (non-hydrogen) atoms. The molecule has 6 atom stereocenters. The van der Waals surface area contributed by atoms with Gasteiger partial charge in [0.15, 0.2) is 17.0 Å². The summed E-state index contributed by atoms with van der Waals surface area (Å²) in [7, 11) is 1.62. The Morgan fingerprint density at radius 3 is 2.09 bits per heavy atom. The lowest BCUT2D eigenvalue weighted by atomic mass is 9.79. The van der Waals surface area contributed by atoms with Gasteiger partial charge >= 0.3 is 0 Å². The Hall–Kier alpha value is -5.71. The fourth-order valence-electron chi connectivity index (χ4n) is 9.49. The van der Waals surface area contributed by atoms with Crippen LogP contribution in [0, 0.1) is 17.2 Å². The van der Waals surface area contributed by atoms with Crippen LogP contribution in [0.25, 0.3) is 11.2 Å². The highest BCUT2D eigenvalue weighted by Gasteiger charge is 2.67. The summed E-state index contributed by atoms with van der Waals surface area (Å²) in [5.74, 6) is 1.88. The van der Waals surface area contributed by atoms with Crippen LogP contribution in [0.3, 0.4) is 0 Å². The molecule has 14 heteroatoms. The lowest BCUT2D eigenvalue weighted by molar-refractivity contribution is -0.192. The predicted octanol–water partition coefficient (Wildman–Crippen LogP) is 10.4. The van der Waals surface area contributed by atoms with E-state index in [9.17, 15) is 5.26 Å². The van der Waals surface area contributed by atoms with Crippen molar-refractivity contribution in [3.63, 3.8) is 0 Å². The molecule has 1 aliphatic heterocycles. The zero-order chi connectivity index (χ0) is 45.6. The Balaban J connectivity index is 1.27. The molecule has 0 amide bonds. The van der Waals surface area contributed by atoms with E-state index in [-0.39, 0.29) is 31.0 Å². The minimum atomic E-state index is -1.70. The van der Waals surface area contributed by atoms with Crippen LogP contribution in [0.5, 0.6) is 11.5 Å². The van der Waals surface area contributed by atoms with Crippen LogP contribution in [-0.4, -0.2) is 74.9 Å². The minimum Gasteiger partial charge on any atom is -0.497 e. The van der Waals surface area contributed by atoms with Crippen molar-refractivity contribution in [1.29, 1.82) is 5.26 Å². The van der Waals surface area contributed by atoms with E-state index in [4.69, 9.17) is 38.0 Å². The predicted molar refractivity (Wildman–Crippen MR) is 252 cm³/mol. The normalized spacial score (nSPS) is 20.3.